The largest absolute Gasteiger partial charge is 0.379 e. The molecule has 6 nitrogen and oxygen atoms in total. The summed E-state index contributed by atoms with van der Waals surface area (Å²) in [5, 5.41) is 13.2. The highest BCUT2D eigenvalue weighted by molar-refractivity contribution is 5.86. The number of rotatable bonds is 6. The van der Waals surface area contributed by atoms with E-state index in [1.807, 2.05) is 0 Å². The number of hydrogen-bond donors (Lipinski definition) is 2. The highest BCUT2D eigenvalue weighted by Gasteiger charge is 2.43. The number of carbonyl (C=O) groups is 2. The van der Waals surface area contributed by atoms with Crippen molar-refractivity contribution in [3.63, 3.8) is 0 Å². The van der Waals surface area contributed by atoms with E-state index >= 15 is 0 Å². The van der Waals surface area contributed by atoms with Gasteiger partial charge in [-0.25, -0.2) is 8.78 Å². The quantitative estimate of drug-likeness (QED) is 0.779. The Balaban J connectivity index is 2.09. The maximum atomic E-state index is 13.8. The summed E-state index contributed by atoms with van der Waals surface area (Å²) < 4.78 is 27.2. The van der Waals surface area contributed by atoms with Crippen LogP contribution in [-0.4, -0.2) is 66.1 Å². The molecule has 0 aliphatic carbocycles. The molecular weight excluding hydrogens is 332 g/mol. The van der Waals surface area contributed by atoms with Gasteiger partial charge in [0.2, 0.25) is 5.91 Å². The minimum absolute atomic E-state index is 0.0125. The molecule has 0 saturated carbocycles. The number of nitrogens with one attached hydrogen (secondary N) is 1. The molecular formula is C17H23F2N3O3. The Labute approximate surface area is 145 Å². The van der Waals surface area contributed by atoms with E-state index in [0.717, 1.165) is 6.07 Å². The number of hydrogen-bond acceptors (Lipinski definition) is 4. The molecule has 1 aromatic carbocycles. The summed E-state index contributed by atoms with van der Waals surface area (Å²) in [5.74, 6) is -2.72. The lowest BCUT2D eigenvalue weighted by atomic mass is 9.90. The molecule has 1 fully saturated rings. The first-order valence-electron chi connectivity index (χ1n) is 8.10. The Bertz CT molecular complexity index is 656. The van der Waals surface area contributed by atoms with Gasteiger partial charge in [0, 0.05) is 32.2 Å². The van der Waals surface area contributed by atoms with Gasteiger partial charge in [0.25, 0.3) is 5.91 Å². The van der Waals surface area contributed by atoms with E-state index in [0.29, 0.717) is 13.0 Å². The van der Waals surface area contributed by atoms with Crippen LogP contribution >= 0.6 is 0 Å². The van der Waals surface area contributed by atoms with E-state index in [-0.39, 0.29) is 37.5 Å². The van der Waals surface area contributed by atoms with Crippen molar-refractivity contribution in [3.8, 4) is 0 Å². The van der Waals surface area contributed by atoms with Gasteiger partial charge in [0.05, 0.1) is 6.54 Å². The Morgan fingerprint density at radius 1 is 1.44 bits per heavy atom. The molecule has 2 N–H and O–H groups in total. The van der Waals surface area contributed by atoms with Crippen molar-refractivity contribution in [3.05, 3.63) is 35.4 Å². The molecule has 1 heterocycles. The van der Waals surface area contributed by atoms with Crippen molar-refractivity contribution in [2.24, 2.45) is 0 Å². The molecule has 8 heteroatoms. The second-order valence-electron chi connectivity index (χ2n) is 6.42. The highest BCUT2D eigenvalue weighted by atomic mass is 19.2. The minimum atomic E-state index is -1.65. The van der Waals surface area contributed by atoms with Crippen molar-refractivity contribution < 1.29 is 23.5 Å². The molecule has 1 saturated heterocycles. The summed E-state index contributed by atoms with van der Waals surface area (Å²) in [7, 11) is 3.14. The normalized spacial score (nSPS) is 20.9. The van der Waals surface area contributed by atoms with E-state index in [2.05, 4.69) is 5.32 Å². The summed E-state index contributed by atoms with van der Waals surface area (Å²) >= 11 is 0. The Kier molecular flexibility index (Phi) is 6.07. The molecule has 2 amide bonds. The Morgan fingerprint density at radius 3 is 2.84 bits per heavy atom. The zero-order valence-corrected chi connectivity index (χ0v) is 14.4. The van der Waals surface area contributed by atoms with Crippen molar-refractivity contribution in [1.29, 1.82) is 0 Å². The van der Waals surface area contributed by atoms with Crippen LogP contribution in [0, 0.1) is 11.6 Å². The topological polar surface area (TPSA) is 72.9 Å². The standard InChI is InChI=1S/C17H23F2N3O3/c1-20-14(23)10-21(2)11-17(25)7-4-8-22(16(17)24)9-12-5-3-6-13(18)15(12)19/h3,5-6,25H,4,7-11H2,1-2H3,(H,20,23). The second-order valence-corrected chi connectivity index (χ2v) is 6.42. The number of likely N-dealkylation sites (tertiary alicyclic amines) is 1. The first-order valence-corrected chi connectivity index (χ1v) is 8.10. The van der Waals surface area contributed by atoms with Crippen LogP contribution in [0.1, 0.15) is 18.4 Å². The molecule has 2 rings (SSSR count). The van der Waals surface area contributed by atoms with Gasteiger partial charge < -0.3 is 15.3 Å². The lowest BCUT2D eigenvalue weighted by molar-refractivity contribution is -0.160. The summed E-state index contributed by atoms with van der Waals surface area (Å²) in [6.07, 6.45) is 0.791. The zero-order valence-electron chi connectivity index (χ0n) is 14.4. The average Bonchev–Trinajstić information content (AvgIpc) is 2.55. The highest BCUT2D eigenvalue weighted by Crippen LogP contribution is 2.26. The van der Waals surface area contributed by atoms with Gasteiger partial charge >= 0.3 is 0 Å². The van der Waals surface area contributed by atoms with E-state index in [1.54, 1.807) is 11.9 Å². The molecule has 138 valence electrons. The summed E-state index contributed by atoms with van der Waals surface area (Å²) in [6.45, 7) is 0.284. The van der Waals surface area contributed by atoms with Gasteiger partial charge in [-0.1, -0.05) is 12.1 Å². The van der Waals surface area contributed by atoms with Crippen molar-refractivity contribution >= 4 is 11.8 Å². The van der Waals surface area contributed by atoms with Gasteiger partial charge in [-0.15, -0.1) is 0 Å². The smallest absolute Gasteiger partial charge is 0.256 e. The first-order chi connectivity index (χ1) is 11.8. The van der Waals surface area contributed by atoms with Crippen LogP contribution in [0.15, 0.2) is 18.2 Å². The minimum Gasteiger partial charge on any atom is -0.379 e. The van der Waals surface area contributed by atoms with Gasteiger partial charge in [0.15, 0.2) is 17.2 Å². The third-order valence-corrected chi connectivity index (χ3v) is 4.32. The molecule has 0 bridgehead atoms. The molecule has 0 radical (unpaired) electrons. The first kappa shape index (κ1) is 19.3. The lowest BCUT2D eigenvalue weighted by Gasteiger charge is -2.40. The van der Waals surface area contributed by atoms with Crippen LogP contribution in [-0.2, 0) is 16.1 Å². The SMILES string of the molecule is CNC(=O)CN(C)CC1(O)CCCN(Cc2cccc(F)c2F)C1=O. The molecule has 0 spiro atoms. The number of carbonyl (C=O) groups excluding carboxylic acids is 2. The number of likely N-dealkylation sites (N-methyl/N-ethyl adjacent to an activating group) is 2. The third-order valence-electron chi connectivity index (χ3n) is 4.32. The van der Waals surface area contributed by atoms with Crippen LogP contribution in [0.2, 0.25) is 0 Å². The van der Waals surface area contributed by atoms with E-state index in [1.165, 1.54) is 24.1 Å². The Morgan fingerprint density at radius 2 is 2.16 bits per heavy atom. The van der Waals surface area contributed by atoms with Crippen molar-refractivity contribution in [2.45, 2.75) is 25.0 Å². The maximum absolute atomic E-state index is 13.8. The molecule has 1 aliphatic heterocycles. The summed E-state index contributed by atoms with van der Waals surface area (Å²) in [5.41, 5.74) is -1.58. The van der Waals surface area contributed by atoms with Crippen LogP contribution in [0.25, 0.3) is 0 Å². The fraction of sp³-hybridized carbons (Fsp3) is 0.529. The lowest BCUT2D eigenvalue weighted by Crippen LogP contribution is -2.58. The van der Waals surface area contributed by atoms with E-state index < -0.39 is 23.1 Å². The molecule has 1 aliphatic rings. The predicted octanol–water partition coefficient (Wildman–Crippen LogP) is 0.496. The van der Waals surface area contributed by atoms with Crippen molar-refractivity contribution in [1.82, 2.24) is 15.1 Å². The van der Waals surface area contributed by atoms with Gasteiger partial charge in [-0.3, -0.25) is 14.5 Å². The monoisotopic (exact) mass is 355 g/mol. The number of piperidine rings is 1. The number of benzene rings is 1. The number of nitrogens with zero attached hydrogens (tertiary/aromatic N) is 2. The van der Waals surface area contributed by atoms with Crippen molar-refractivity contribution in [2.75, 3.05) is 33.7 Å². The number of amides is 2. The zero-order chi connectivity index (χ0) is 18.6. The van der Waals surface area contributed by atoms with Gasteiger partial charge in [-0.2, -0.15) is 0 Å². The van der Waals surface area contributed by atoms with Crippen LogP contribution in [0.5, 0.6) is 0 Å². The number of halogens is 2. The van der Waals surface area contributed by atoms with Gasteiger partial charge in [0.1, 0.15) is 0 Å². The fourth-order valence-corrected chi connectivity index (χ4v) is 3.07. The average molecular weight is 355 g/mol. The van der Waals surface area contributed by atoms with E-state index in [9.17, 15) is 23.5 Å². The molecule has 0 aromatic heterocycles. The molecule has 25 heavy (non-hydrogen) atoms. The van der Waals surface area contributed by atoms with E-state index in [4.69, 9.17) is 0 Å². The molecule has 1 unspecified atom stereocenters. The summed E-state index contributed by atoms with van der Waals surface area (Å²) in [6, 6.07) is 3.81. The second kappa shape index (κ2) is 7.88. The maximum Gasteiger partial charge on any atom is 0.256 e. The van der Waals surface area contributed by atoms with Crippen LogP contribution in [0.3, 0.4) is 0 Å². The Hall–Kier alpha value is -2.06. The van der Waals surface area contributed by atoms with Gasteiger partial charge in [-0.05, 0) is 26.0 Å². The molecule has 1 atom stereocenters. The van der Waals surface area contributed by atoms with Crippen LogP contribution < -0.4 is 5.32 Å². The summed E-state index contributed by atoms with van der Waals surface area (Å²) in [4.78, 5) is 27.0. The fourth-order valence-electron chi connectivity index (χ4n) is 3.07. The third kappa shape index (κ3) is 4.52. The van der Waals surface area contributed by atoms with Crippen LogP contribution in [0.4, 0.5) is 8.78 Å². The predicted molar refractivity (Wildman–Crippen MR) is 87.5 cm³/mol. The number of aliphatic hydroxyl groups is 1. The molecule has 1 aromatic rings.